The highest BCUT2D eigenvalue weighted by atomic mass is 15.3. The van der Waals surface area contributed by atoms with E-state index in [0.29, 0.717) is 0 Å². The molecule has 2 heterocycles. The molecule has 17 heavy (non-hydrogen) atoms. The van der Waals surface area contributed by atoms with Gasteiger partial charge in [-0.15, -0.1) is 0 Å². The molecule has 0 aliphatic rings. The lowest BCUT2D eigenvalue weighted by Gasteiger charge is -2.16. The first-order chi connectivity index (χ1) is 8.17. The number of imidazole rings is 1. The van der Waals surface area contributed by atoms with Crippen LogP contribution in [0.1, 0.15) is 30.0 Å². The molecule has 92 valence electrons. The third-order valence-corrected chi connectivity index (χ3v) is 3.00. The van der Waals surface area contributed by atoms with E-state index in [1.54, 1.807) is 0 Å². The second kappa shape index (κ2) is 4.71. The molecule has 5 nitrogen and oxygen atoms in total. The maximum absolute atomic E-state index is 4.45. The third-order valence-electron chi connectivity index (χ3n) is 3.00. The van der Waals surface area contributed by atoms with Crippen LogP contribution in [0.5, 0.6) is 0 Å². The van der Waals surface area contributed by atoms with Crippen molar-refractivity contribution in [1.82, 2.24) is 24.6 Å². The Morgan fingerprint density at radius 2 is 2.24 bits per heavy atom. The van der Waals surface area contributed by atoms with Crippen LogP contribution in [-0.2, 0) is 13.6 Å². The zero-order chi connectivity index (χ0) is 12.4. The predicted molar refractivity (Wildman–Crippen MR) is 66.7 cm³/mol. The topological polar surface area (TPSA) is 47.7 Å². The second-order valence-electron chi connectivity index (χ2n) is 4.14. The molecule has 1 N–H and O–H groups in total. The normalized spacial score (nSPS) is 12.9. The van der Waals surface area contributed by atoms with Crippen LogP contribution in [0.4, 0.5) is 0 Å². The van der Waals surface area contributed by atoms with Crippen molar-refractivity contribution in [3.05, 3.63) is 35.7 Å². The number of nitrogens with zero attached hydrogens (tertiary/aromatic N) is 4. The molecule has 0 saturated carbocycles. The minimum atomic E-state index is 0.0960. The summed E-state index contributed by atoms with van der Waals surface area (Å²) in [6, 6.07) is 0.0960. The fraction of sp³-hybridized carbons (Fsp3) is 0.500. The minimum absolute atomic E-state index is 0.0960. The molecule has 0 bridgehead atoms. The number of hydrogen-bond acceptors (Lipinski definition) is 3. The Morgan fingerprint density at radius 3 is 2.76 bits per heavy atom. The molecule has 2 aromatic rings. The highest BCUT2D eigenvalue weighted by molar-refractivity contribution is 5.26. The Kier molecular flexibility index (Phi) is 3.28. The van der Waals surface area contributed by atoms with E-state index in [1.807, 2.05) is 44.3 Å². The Labute approximate surface area is 101 Å². The lowest BCUT2D eigenvalue weighted by molar-refractivity contribution is 0.588. The van der Waals surface area contributed by atoms with Gasteiger partial charge in [-0.2, -0.15) is 5.10 Å². The molecule has 0 radical (unpaired) electrons. The van der Waals surface area contributed by atoms with Crippen molar-refractivity contribution < 1.29 is 0 Å². The van der Waals surface area contributed by atoms with Gasteiger partial charge in [-0.1, -0.05) is 0 Å². The van der Waals surface area contributed by atoms with Crippen molar-refractivity contribution in [2.75, 3.05) is 7.05 Å². The average Bonchev–Trinajstić information content (AvgIpc) is 2.88. The molecule has 0 aromatic carbocycles. The van der Waals surface area contributed by atoms with Gasteiger partial charge in [-0.25, -0.2) is 4.98 Å². The molecule has 2 rings (SSSR count). The van der Waals surface area contributed by atoms with Gasteiger partial charge in [-0.05, 0) is 20.9 Å². The molecule has 2 aromatic heterocycles. The Balaban J connectivity index is 2.43. The van der Waals surface area contributed by atoms with E-state index < -0.39 is 0 Å². The SMILES string of the molecule is CCn1ccnc1C(NC)c1cn(C)nc1C. The summed E-state index contributed by atoms with van der Waals surface area (Å²) in [6.45, 7) is 5.07. The lowest BCUT2D eigenvalue weighted by Crippen LogP contribution is -2.22. The molecule has 0 amide bonds. The van der Waals surface area contributed by atoms with Gasteiger partial charge >= 0.3 is 0 Å². The predicted octanol–water partition coefficient (Wildman–Crippen LogP) is 1.25. The van der Waals surface area contributed by atoms with Crippen LogP contribution in [0, 0.1) is 6.92 Å². The molecule has 0 spiro atoms. The van der Waals surface area contributed by atoms with Crippen LogP contribution in [-0.4, -0.2) is 26.4 Å². The monoisotopic (exact) mass is 233 g/mol. The van der Waals surface area contributed by atoms with E-state index in [2.05, 4.69) is 26.9 Å². The molecule has 0 saturated heterocycles. The minimum Gasteiger partial charge on any atom is -0.334 e. The first-order valence-electron chi connectivity index (χ1n) is 5.85. The Morgan fingerprint density at radius 1 is 1.47 bits per heavy atom. The van der Waals surface area contributed by atoms with Crippen LogP contribution >= 0.6 is 0 Å². The number of rotatable bonds is 4. The van der Waals surface area contributed by atoms with Crippen molar-refractivity contribution >= 4 is 0 Å². The molecule has 0 fully saturated rings. The fourth-order valence-corrected chi connectivity index (χ4v) is 2.17. The molecule has 5 heteroatoms. The highest BCUT2D eigenvalue weighted by Crippen LogP contribution is 2.22. The van der Waals surface area contributed by atoms with Gasteiger partial charge in [-0.3, -0.25) is 4.68 Å². The maximum atomic E-state index is 4.45. The van der Waals surface area contributed by atoms with E-state index in [0.717, 1.165) is 18.1 Å². The number of nitrogens with one attached hydrogen (secondary N) is 1. The van der Waals surface area contributed by atoms with E-state index in [4.69, 9.17) is 0 Å². The van der Waals surface area contributed by atoms with Crippen LogP contribution in [0.3, 0.4) is 0 Å². The van der Waals surface area contributed by atoms with E-state index >= 15 is 0 Å². The molecule has 0 aliphatic carbocycles. The van der Waals surface area contributed by atoms with Crippen molar-refractivity contribution in [1.29, 1.82) is 0 Å². The van der Waals surface area contributed by atoms with Crippen LogP contribution in [0.25, 0.3) is 0 Å². The first-order valence-corrected chi connectivity index (χ1v) is 5.85. The van der Waals surface area contributed by atoms with Crippen LogP contribution in [0.15, 0.2) is 18.6 Å². The molecular formula is C12H19N5. The third kappa shape index (κ3) is 2.10. The van der Waals surface area contributed by atoms with E-state index in [-0.39, 0.29) is 6.04 Å². The van der Waals surface area contributed by atoms with Gasteiger partial charge < -0.3 is 9.88 Å². The summed E-state index contributed by atoms with van der Waals surface area (Å²) in [6.07, 6.45) is 5.89. The quantitative estimate of drug-likeness (QED) is 0.864. The number of aromatic nitrogens is 4. The van der Waals surface area contributed by atoms with Crippen LogP contribution in [0.2, 0.25) is 0 Å². The standard InChI is InChI=1S/C12H19N5/c1-5-17-7-6-14-12(17)11(13-3)10-8-16(4)15-9(10)2/h6-8,11,13H,5H2,1-4H3. The average molecular weight is 233 g/mol. The van der Waals surface area contributed by atoms with Crippen molar-refractivity contribution in [3.8, 4) is 0 Å². The van der Waals surface area contributed by atoms with Gasteiger partial charge in [0.25, 0.3) is 0 Å². The molecular weight excluding hydrogens is 214 g/mol. The van der Waals surface area contributed by atoms with Crippen molar-refractivity contribution in [2.24, 2.45) is 7.05 Å². The van der Waals surface area contributed by atoms with E-state index in [1.165, 1.54) is 5.56 Å². The second-order valence-corrected chi connectivity index (χ2v) is 4.14. The van der Waals surface area contributed by atoms with Gasteiger partial charge in [0, 0.05) is 37.7 Å². The maximum Gasteiger partial charge on any atom is 0.130 e. The van der Waals surface area contributed by atoms with Crippen LogP contribution < -0.4 is 5.32 Å². The number of aryl methyl sites for hydroxylation is 3. The smallest absolute Gasteiger partial charge is 0.130 e. The van der Waals surface area contributed by atoms with Gasteiger partial charge in [0.05, 0.1) is 11.7 Å². The summed E-state index contributed by atoms with van der Waals surface area (Å²) in [5, 5.41) is 7.70. The van der Waals surface area contributed by atoms with Gasteiger partial charge in [0.15, 0.2) is 0 Å². The van der Waals surface area contributed by atoms with Gasteiger partial charge in [0.1, 0.15) is 5.82 Å². The molecule has 0 aliphatic heterocycles. The summed E-state index contributed by atoms with van der Waals surface area (Å²) in [4.78, 5) is 4.45. The summed E-state index contributed by atoms with van der Waals surface area (Å²) in [5.41, 5.74) is 2.22. The Bertz CT molecular complexity index is 497. The van der Waals surface area contributed by atoms with Crippen molar-refractivity contribution in [3.63, 3.8) is 0 Å². The Hall–Kier alpha value is -1.62. The largest absolute Gasteiger partial charge is 0.334 e. The first kappa shape index (κ1) is 11.9. The summed E-state index contributed by atoms with van der Waals surface area (Å²) < 4.78 is 3.99. The summed E-state index contributed by atoms with van der Waals surface area (Å²) in [7, 11) is 3.89. The fourth-order valence-electron chi connectivity index (χ4n) is 2.17. The van der Waals surface area contributed by atoms with E-state index in [9.17, 15) is 0 Å². The zero-order valence-electron chi connectivity index (χ0n) is 10.8. The lowest BCUT2D eigenvalue weighted by atomic mass is 10.1. The molecule has 1 unspecified atom stereocenters. The van der Waals surface area contributed by atoms with Crippen molar-refractivity contribution in [2.45, 2.75) is 26.4 Å². The zero-order valence-corrected chi connectivity index (χ0v) is 10.8. The summed E-state index contributed by atoms with van der Waals surface area (Å²) in [5.74, 6) is 1.03. The number of hydrogen-bond donors (Lipinski definition) is 1. The summed E-state index contributed by atoms with van der Waals surface area (Å²) >= 11 is 0. The van der Waals surface area contributed by atoms with Gasteiger partial charge in [0.2, 0.25) is 0 Å². The highest BCUT2D eigenvalue weighted by Gasteiger charge is 2.20. The molecule has 1 atom stereocenters.